The van der Waals surface area contributed by atoms with Gasteiger partial charge in [0.2, 0.25) is 0 Å². The summed E-state index contributed by atoms with van der Waals surface area (Å²) in [6.07, 6.45) is 0.385. The second-order valence-electron chi connectivity index (χ2n) is 3.84. The molecule has 0 aliphatic carbocycles. The van der Waals surface area contributed by atoms with E-state index in [0.717, 1.165) is 16.3 Å². The Hall–Kier alpha value is -2.27. The van der Waals surface area contributed by atoms with Gasteiger partial charge in [-0.15, -0.1) is 0 Å². The molecular weight excluding hydrogens is 224 g/mol. The summed E-state index contributed by atoms with van der Waals surface area (Å²) in [4.78, 5) is 10.9. The molecule has 0 saturated heterocycles. The summed E-state index contributed by atoms with van der Waals surface area (Å²) in [5.41, 5.74) is 0.959. The first-order valence-corrected chi connectivity index (χ1v) is 5.93. The standard InChI is InChI=1S/C16H14O2/c1-2-16(17)18-12-6-10-14-9-5-8-13-7-3-4-11-15(13)14/h3-5,7-9,11H,2,12H2,1H3. The van der Waals surface area contributed by atoms with Gasteiger partial charge < -0.3 is 4.74 Å². The molecule has 18 heavy (non-hydrogen) atoms. The fourth-order valence-electron chi connectivity index (χ4n) is 1.68. The Morgan fingerprint density at radius 2 is 1.94 bits per heavy atom. The zero-order valence-corrected chi connectivity index (χ0v) is 10.3. The molecule has 2 nitrogen and oxygen atoms in total. The molecule has 0 unspecified atom stereocenters. The molecule has 0 amide bonds. The topological polar surface area (TPSA) is 26.3 Å². The van der Waals surface area contributed by atoms with E-state index in [1.165, 1.54) is 0 Å². The van der Waals surface area contributed by atoms with Gasteiger partial charge in [0, 0.05) is 12.0 Å². The lowest BCUT2D eigenvalue weighted by molar-refractivity contribution is -0.141. The third kappa shape index (κ3) is 2.89. The summed E-state index contributed by atoms with van der Waals surface area (Å²) in [6, 6.07) is 14.1. The molecule has 0 bridgehead atoms. The molecule has 0 atom stereocenters. The molecule has 2 aromatic rings. The van der Waals surface area contributed by atoms with Crippen molar-refractivity contribution in [3.05, 3.63) is 48.0 Å². The van der Waals surface area contributed by atoms with Crippen LogP contribution >= 0.6 is 0 Å². The monoisotopic (exact) mass is 238 g/mol. The van der Waals surface area contributed by atoms with Gasteiger partial charge in [-0.1, -0.05) is 55.2 Å². The van der Waals surface area contributed by atoms with Crippen LogP contribution in [0.1, 0.15) is 18.9 Å². The SMILES string of the molecule is CCC(=O)OCC#Cc1cccc2ccccc12. The predicted molar refractivity (Wildman–Crippen MR) is 72.1 cm³/mol. The fraction of sp³-hybridized carbons (Fsp3) is 0.188. The maximum absolute atomic E-state index is 10.9. The molecule has 0 radical (unpaired) electrons. The number of benzene rings is 2. The predicted octanol–water partition coefficient (Wildman–Crippen LogP) is 3.14. The Balaban J connectivity index is 2.17. The van der Waals surface area contributed by atoms with Crippen molar-refractivity contribution in [2.75, 3.05) is 6.61 Å². The molecule has 2 heteroatoms. The number of rotatable bonds is 2. The Morgan fingerprint density at radius 3 is 2.78 bits per heavy atom. The van der Waals surface area contributed by atoms with E-state index in [1.54, 1.807) is 6.92 Å². The number of esters is 1. The highest BCUT2D eigenvalue weighted by Gasteiger charge is 1.97. The third-order valence-electron chi connectivity index (χ3n) is 2.61. The lowest BCUT2D eigenvalue weighted by Gasteiger charge is -1.99. The van der Waals surface area contributed by atoms with Crippen LogP contribution in [-0.2, 0) is 9.53 Å². The molecule has 0 N–H and O–H groups in total. The highest BCUT2D eigenvalue weighted by atomic mass is 16.5. The van der Waals surface area contributed by atoms with E-state index in [0.29, 0.717) is 6.42 Å². The second kappa shape index (κ2) is 5.88. The first-order chi connectivity index (χ1) is 8.81. The highest BCUT2D eigenvalue weighted by molar-refractivity contribution is 5.88. The van der Waals surface area contributed by atoms with E-state index in [2.05, 4.69) is 24.0 Å². The summed E-state index contributed by atoms with van der Waals surface area (Å²) in [6.45, 7) is 1.91. The van der Waals surface area contributed by atoms with Gasteiger partial charge in [-0.3, -0.25) is 4.79 Å². The lowest BCUT2D eigenvalue weighted by atomic mass is 10.1. The first-order valence-electron chi connectivity index (χ1n) is 5.93. The van der Waals surface area contributed by atoms with E-state index in [1.807, 2.05) is 30.3 Å². The lowest BCUT2D eigenvalue weighted by Crippen LogP contribution is -2.01. The maximum Gasteiger partial charge on any atom is 0.306 e. The minimum atomic E-state index is -0.220. The number of hydrogen-bond donors (Lipinski definition) is 0. The van der Waals surface area contributed by atoms with E-state index in [4.69, 9.17) is 4.74 Å². The quantitative estimate of drug-likeness (QED) is 0.593. The van der Waals surface area contributed by atoms with Gasteiger partial charge in [0.1, 0.15) is 0 Å². The van der Waals surface area contributed by atoms with E-state index in [-0.39, 0.29) is 12.6 Å². The van der Waals surface area contributed by atoms with Crippen LogP contribution in [0.5, 0.6) is 0 Å². The average Bonchev–Trinajstić information content (AvgIpc) is 2.43. The average molecular weight is 238 g/mol. The number of ether oxygens (including phenoxy) is 1. The molecule has 0 saturated carbocycles. The summed E-state index contributed by atoms with van der Waals surface area (Å²) >= 11 is 0. The van der Waals surface area contributed by atoms with Crippen LogP contribution in [0.15, 0.2) is 42.5 Å². The Morgan fingerprint density at radius 1 is 1.17 bits per heavy atom. The molecular formula is C16H14O2. The van der Waals surface area contributed by atoms with Gasteiger partial charge in [-0.05, 0) is 16.8 Å². The van der Waals surface area contributed by atoms with Crippen molar-refractivity contribution in [1.29, 1.82) is 0 Å². The Kier molecular flexibility index (Phi) is 3.98. The van der Waals surface area contributed by atoms with Crippen molar-refractivity contribution >= 4 is 16.7 Å². The number of hydrogen-bond acceptors (Lipinski definition) is 2. The minimum absolute atomic E-state index is 0.149. The van der Waals surface area contributed by atoms with Crippen LogP contribution < -0.4 is 0 Å². The molecule has 0 heterocycles. The Labute approximate surface area is 107 Å². The van der Waals surface area contributed by atoms with Crippen molar-refractivity contribution in [2.45, 2.75) is 13.3 Å². The summed E-state index contributed by atoms with van der Waals surface area (Å²) in [5.74, 6) is 5.69. The normalized spacial score (nSPS) is 9.61. The van der Waals surface area contributed by atoms with Gasteiger partial charge >= 0.3 is 5.97 Å². The van der Waals surface area contributed by atoms with Gasteiger partial charge in [0.15, 0.2) is 6.61 Å². The van der Waals surface area contributed by atoms with Crippen molar-refractivity contribution in [3.63, 3.8) is 0 Å². The van der Waals surface area contributed by atoms with Gasteiger partial charge in [-0.25, -0.2) is 0 Å². The van der Waals surface area contributed by atoms with Gasteiger partial charge in [0.05, 0.1) is 0 Å². The van der Waals surface area contributed by atoms with Crippen LogP contribution in [0.4, 0.5) is 0 Å². The van der Waals surface area contributed by atoms with Crippen molar-refractivity contribution < 1.29 is 9.53 Å². The van der Waals surface area contributed by atoms with E-state index >= 15 is 0 Å². The third-order valence-corrected chi connectivity index (χ3v) is 2.61. The number of carbonyl (C=O) groups is 1. The molecule has 90 valence electrons. The van der Waals surface area contributed by atoms with Crippen LogP contribution in [-0.4, -0.2) is 12.6 Å². The molecule has 0 spiro atoms. The second-order valence-corrected chi connectivity index (χ2v) is 3.84. The van der Waals surface area contributed by atoms with E-state index < -0.39 is 0 Å². The summed E-state index contributed by atoms with van der Waals surface area (Å²) < 4.78 is 4.91. The van der Waals surface area contributed by atoms with Crippen LogP contribution in [0.2, 0.25) is 0 Å². The molecule has 0 aliphatic heterocycles. The smallest absolute Gasteiger partial charge is 0.306 e. The zero-order valence-electron chi connectivity index (χ0n) is 10.3. The summed E-state index contributed by atoms with van der Waals surface area (Å²) in [7, 11) is 0. The number of carbonyl (C=O) groups excluding carboxylic acids is 1. The van der Waals surface area contributed by atoms with Crippen LogP contribution in [0.3, 0.4) is 0 Å². The largest absolute Gasteiger partial charge is 0.452 e. The first kappa shape index (κ1) is 12.2. The highest BCUT2D eigenvalue weighted by Crippen LogP contribution is 2.17. The number of fused-ring (bicyclic) bond motifs is 1. The van der Waals surface area contributed by atoms with Gasteiger partial charge in [0.25, 0.3) is 0 Å². The van der Waals surface area contributed by atoms with Gasteiger partial charge in [-0.2, -0.15) is 0 Å². The summed E-state index contributed by atoms with van der Waals surface area (Å²) in [5, 5.41) is 2.28. The molecule has 2 rings (SSSR count). The van der Waals surface area contributed by atoms with Crippen LogP contribution in [0, 0.1) is 11.8 Å². The minimum Gasteiger partial charge on any atom is -0.452 e. The maximum atomic E-state index is 10.9. The molecule has 0 aromatic heterocycles. The zero-order chi connectivity index (χ0) is 12.8. The molecule has 0 aliphatic rings. The van der Waals surface area contributed by atoms with Crippen molar-refractivity contribution in [1.82, 2.24) is 0 Å². The molecule has 2 aromatic carbocycles. The van der Waals surface area contributed by atoms with Crippen LogP contribution in [0.25, 0.3) is 10.8 Å². The molecule has 0 fully saturated rings. The van der Waals surface area contributed by atoms with Crippen molar-refractivity contribution in [3.8, 4) is 11.8 Å². The fourth-order valence-corrected chi connectivity index (χ4v) is 1.68. The van der Waals surface area contributed by atoms with Crippen molar-refractivity contribution in [2.24, 2.45) is 0 Å². The Bertz CT molecular complexity index is 612. The van der Waals surface area contributed by atoms with E-state index in [9.17, 15) is 4.79 Å².